The number of carbonyl (C=O) groups excluding carboxylic acids is 1. The van der Waals surface area contributed by atoms with Crippen molar-refractivity contribution in [2.75, 3.05) is 13.4 Å². The fraction of sp³-hybridized carbons (Fsp3) is 0.316. The van der Waals surface area contributed by atoms with Crippen molar-refractivity contribution in [3.63, 3.8) is 0 Å². The van der Waals surface area contributed by atoms with Gasteiger partial charge in [0.15, 0.2) is 9.84 Å². The number of amides is 1. The van der Waals surface area contributed by atoms with Crippen LogP contribution in [0.25, 0.3) is 0 Å². The van der Waals surface area contributed by atoms with E-state index in [4.69, 9.17) is 16.3 Å². The summed E-state index contributed by atoms with van der Waals surface area (Å²) >= 11 is 6.12. The van der Waals surface area contributed by atoms with Crippen LogP contribution in [-0.4, -0.2) is 27.7 Å². The van der Waals surface area contributed by atoms with Crippen LogP contribution in [-0.2, 0) is 9.84 Å². The van der Waals surface area contributed by atoms with E-state index in [1.54, 1.807) is 7.11 Å². The van der Waals surface area contributed by atoms with Crippen LogP contribution < -0.4 is 10.1 Å². The van der Waals surface area contributed by atoms with Gasteiger partial charge >= 0.3 is 0 Å². The molecule has 1 atom stereocenters. The highest BCUT2D eigenvalue weighted by molar-refractivity contribution is 7.90. The topological polar surface area (TPSA) is 72.5 Å². The van der Waals surface area contributed by atoms with E-state index in [0.29, 0.717) is 0 Å². The predicted molar refractivity (Wildman–Crippen MR) is 103 cm³/mol. The fourth-order valence-electron chi connectivity index (χ4n) is 2.57. The van der Waals surface area contributed by atoms with Gasteiger partial charge in [-0.05, 0) is 41.8 Å². The normalized spacial score (nSPS) is 12.7. The smallest absolute Gasteiger partial charge is 0.253 e. The average Bonchev–Trinajstić information content (AvgIpc) is 2.58. The second-order valence-corrected chi connectivity index (χ2v) is 8.81. The third-order valence-corrected chi connectivity index (χ3v) is 5.48. The largest absolute Gasteiger partial charge is 0.497 e. The molecule has 0 aliphatic carbocycles. The van der Waals surface area contributed by atoms with Crippen molar-refractivity contribution in [2.24, 2.45) is 5.92 Å². The minimum Gasteiger partial charge on any atom is -0.497 e. The first-order chi connectivity index (χ1) is 12.1. The van der Waals surface area contributed by atoms with E-state index in [0.717, 1.165) is 17.6 Å². The van der Waals surface area contributed by atoms with Crippen molar-refractivity contribution in [3.8, 4) is 5.75 Å². The standard InChI is InChI=1S/C19H22ClNO4S/c1-12(2)18(13-5-7-14(25-3)8-6-13)21-19(22)16-11-15(26(4,23)24)9-10-17(16)20/h5-12,18H,1-4H3,(H,21,22). The minimum atomic E-state index is -3.43. The Labute approximate surface area is 159 Å². The Bertz CT molecular complexity index is 892. The van der Waals surface area contributed by atoms with Crippen LogP contribution in [0.1, 0.15) is 35.8 Å². The number of ether oxygens (including phenoxy) is 1. The van der Waals surface area contributed by atoms with Crippen LogP contribution in [0.5, 0.6) is 5.75 Å². The van der Waals surface area contributed by atoms with Gasteiger partial charge < -0.3 is 10.1 Å². The zero-order valence-corrected chi connectivity index (χ0v) is 16.7. The molecule has 0 saturated heterocycles. The van der Waals surface area contributed by atoms with E-state index in [9.17, 15) is 13.2 Å². The monoisotopic (exact) mass is 395 g/mol. The number of halogens is 1. The summed E-state index contributed by atoms with van der Waals surface area (Å²) < 4.78 is 28.6. The molecule has 0 heterocycles. The van der Waals surface area contributed by atoms with E-state index in [-0.39, 0.29) is 27.4 Å². The molecule has 2 aromatic rings. The summed E-state index contributed by atoms with van der Waals surface area (Å²) in [5.74, 6) is 0.422. The molecule has 2 rings (SSSR count). The molecule has 0 saturated carbocycles. The number of nitrogens with one attached hydrogen (secondary N) is 1. The van der Waals surface area contributed by atoms with E-state index in [1.165, 1.54) is 18.2 Å². The lowest BCUT2D eigenvalue weighted by atomic mass is 9.95. The molecular weight excluding hydrogens is 374 g/mol. The molecule has 0 fully saturated rings. The van der Waals surface area contributed by atoms with Gasteiger partial charge in [0.25, 0.3) is 5.91 Å². The van der Waals surface area contributed by atoms with Gasteiger partial charge in [0, 0.05) is 6.26 Å². The van der Waals surface area contributed by atoms with Gasteiger partial charge in [-0.3, -0.25) is 4.79 Å². The minimum absolute atomic E-state index is 0.0533. The first-order valence-corrected chi connectivity index (χ1v) is 10.3. The predicted octanol–water partition coefficient (Wildman–Crippen LogP) is 3.88. The fourth-order valence-corrected chi connectivity index (χ4v) is 3.42. The Balaban J connectivity index is 2.33. The van der Waals surface area contributed by atoms with Crippen LogP contribution in [0.3, 0.4) is 0 Å². The molecule has 2 aromatic carbocycles. The molecule has 5 nitrogen and oxygen atoms in total. The second kappa shape index (κ2) is 8.10. The summed E-state index contributed by atoms with van der Waals surface area (Å²) in [6, 6.07) is 11.3. The highest BCUT2D eigenvalue weighted by atomic mass is 35.5. The first-order valence-electron chi connectivity index (χ1n) is 8.08. The van der Waals surface area contributed by atoms with Gasteiger partial charge in [-0.25, -0.2) is 8.42 Å². The van der Waals surface area contributed by atoms with E-state index in [2.05, 4.69) is 5.32 Å². The highest BCUT2D eigenvalue weighted by Gasteiger charge is 2.22. The SMILES string of the molecule is COc1ccc(C(NC(=O)c2cc(S(C)(=O)=O)ccc2Cl)C(C)C)cc1. The number of sulfone groups is 1. The number of hydrogen-bond donors (Lipinski definition) is 1. The number of rotatable bonds is 6. The molecule has 1 unspecified atom stereocenters. The quantitative estimate of drug-likeness (QED) is 0.805. The van der Waals surface area contributed by atoms with Gasteiger partial charge in [-0.15, -0.1) is 0 Å². The number of benzene rings is 2. The second-order valence-electron chi connectivity index (χ2n) is 6.38. The Morgan fingerprint density at radius 2 is 1.73 bits per heavy atom. The van der Waals surface area contributed by atoms with Gasteiger partial charge in [0.1, 0.15) is 5.75 Å². The lowest BCUT2D eigenvalue weighted by Crippen LogP contribution is -2.32. The summed E-state index contributed by atoms with van der Waals surface area (Å²) in [5, 5.41) is 3.15. The van der Waals surface area contributed by atoms with Crippen molar-refractivity contribution in [1.29, 1.82) is 0 Å². The zero-order chi connectivity index (χ0) is 19.5. The lowest BCUT2D eigenvalue weighted by molar-refractivity contribution is 0.0925. The number of carbonyl (C=O) groups is 1. The molecule has 0 radical (unpaired) electrons. The van der Waals surface area contributed by atoms with Crippen molar-refractivity contribution < 1.29 is 17.9 Å². The van der Waals surface area contributed by atoms with E-state index in [1.807, 2.05) is 38.1 Å². The van der Waals surface area contributed by atoms with Crippen LogP contribution >= 0.6 is 11.6 Å². The van der Waals surface area contributed by atoms with Crippen LogP contribution in [0.2, 0.25) is 5.02 Å². The Morgan fingerprint density at radius 1 is 1.12 bits per heavy atom. The number of hydrogen-bond acceptors (Lipinski definition) is 4. The summed E-state index contributed by atoms with van der Waals surface area (Å²) in [4.78, 5) is 12.8. The van der Waals surface area contributed by atoms with Crippen molar-refractivity contribution in [2.45, 2.75) is 24.8 Å². The average molecular weight is 396 g/mol. The van der Waals surface area contributed by atoms with Crippen LogP contribution in [0, 0.1) is 5.92 Å². The van der Waals surface area contributed by atoms with Crippen LogP contribution in [0.4, 0.5) is 0 Å². The first kappa shape index (κ1) is 20.3. The summed E-state index contributed by atoms with van der Waals surface area (Å²) in [6.45, 7) is 3.98. The van der Waals surface area contributed by atoms with Gasteiger partial charge in [0.05, 0.1) is 28.6 Å². The molecule has 1 amide bonds. The molecule has 140 valence electrons. The Morgan fingerprint density at radius 3 is 2.23 bits per heavy atom. The Kier molecular flexibility index (Phi) is 6.31. The van der Waals surface area contributed by atoms with Gasteiger partial charge in [0.2, 0.25) is 0 Å². The third-order valence-electron chi connectivity index (χ3n) is 4.04. The molecule has 0 bridgehead atoms. The van der Waals surface area contributed by atoms with Gasteiger partial charge in [-0.2, -0.15) is 0 Å². The molecular formula is C19H22ClNO4S. The van der Waals surface area contributed by atoms with E-state index < -0.39 is 15.7 Å². The maximum absolute atomic E-state index is 12.7. The van der Waals surface area contributed by atoms with Crippen molar-refractivity contribution in [3.05, 3.63) is 58.6 Å². The summed E-state index contributed by atoms with van der Waals surface area (Å²) in [7, 11) is -1.84. The third kappa shape index (κ3) is 4.77. The molecule has 0 aliphatic rings. The zero-order valence-electron chi connectivity index (χ0n) is 15.1. The van der Waals surface area contributed by atoms with Crippen molar-refractivity contribution in [1.82, 2.24) is 5.32 Å². The molecule has 0 aromatic heterocycles. The molecule has 1 N–H and O–H groups in total. The summed E-state index contributed by atoms with van der Waals surface area (Å²) in [5.41, 5.74) is 1.05. The molecule has 7 heteroatoms. The van der Waals surface area contributed by atoms with Crippen molar-refractivity contribution >= 4 is 27.3 Å². The molecule has 0 spiro atoms. The highest BCUT2D eigenvalue weighted by Crippen LogP contribution is 2.26. The maximum atomic E-state index is 12.7. The maximum Gasteiger partial charge on any atom is 0.253 e. The molecule has 0 aliphatic heterocycles. The lowest BCUT2D eigenvalue weighted by Gasteiger charge is -2.23. The van der Waals surface area contributed by atoms with Gasteiger partial charge in [-0.1, -0.05) is 37.6 Å². The Hall–Kier alpha value is -2.05. The van der Waals surface area contributed by atoms with Crippen LogP contribution in [0.15, 0.2) is 47.4 Å². The van der Waals surface area contributed by atoms with E-state index >= 15 is 0 Å². The number of methoxy groups -OCH3 is 1. The summed E-state index contributed by atoms with van der Waals surface area (Å²) in [6.07, 6.45) is 1.09. The molecule has 26 heavy (non-hydrogen) atoms.